The third-order valence-electron chi connectivity index (χ3n) is 5.93. The molecule has 0 radical (unpaired) electrons. The molecule has 3 rings (SSSR count). The number of esters is 1. The first-order valence-electron chi connectivity index (χ1n) is 11.6. The van der Waals surface area contributed by atoms with E-state index >= 15 is 0 Å². The minimum atomic E-state index is -0.361. The molecule has 2 aromatic carbocycles. The molecule has 1 aromatic heterocycles. The Kier molecular flexibility index (Phi) is 7.61. The van der Waals surface area contributed by atoms with Crippen molar-refractivity contribution in [2.45, 2.75) is 65.7 Å². The van der Waals surface area contributed by atoms with Crippen molar-refractivity contribution < 1.29 is 19.4 Å². The molecule has 178 valence electrons. The number of aromatic hydroxyl groups is 1. The van der Waals surface area contributed by atoms with Crippen LogP contribution in [0.15, 0.2) is 30.3 Å². The van der Waals surface area contributed by atoms with Gasteiger partial charge in [-0.2, -0.15) is 0 Å². The van der Waals surface area contributed by atoms with Gasteiger partial charge in [0.1, 0.15) is 28.2 Å². The molecule has 1 unspecified atom stereocenters. The summed E-state index contributed by atoms with van der Waals surface area (Å²) >= 11 is 0. The molecule has 3 aromatic rings. The van der Waals surface area contributed by atoms with Gasteiger partial charge < -0.3 is 14.6 Å². The topological polar surface area (TPSA) is 86.5 Å². The molecule has 1 atom stereocenters. The van der Waals surface area contributed by atoms with Crippen LogP contribution in [-0.2, 0) is 10.2 Å². The number of aromatic nitrogens is 3. The standard InChI is InChI=1S/C26H35N3O4/c1-7-9-10-17(8-2)16-33-25(31)18-11-12-21-22(13-18)28-29(27-21)23-15-19(32-6)14-20(24(23)30)26(3,4)5/h11-15,17,30H,7-10,16H2,1-6H3. The average Bonchev–Trinajstić information content (AvgIpc) is 3.21. The van der Waals surface area contributed by atoms with Crippen molar-refractivity contribution in [3.63, 3.8) is 0 Å². The van der Waals surface area contributed by atoms with E-state index in [1.54, 1.807) is 31.4 Å². The molecule has 7 nitrogen and oxygen atoms in total. The van der Waals surface area contributed by atoms with Crippen molar-refractivity contribution in [3.05, 3.63) is 41.5 Å². The lowest BCUT2D eigenvalue weighted by Gasteiger charge is -2.22. The highest BCUT2D eigenvalue weighted by Gasteiger charge is 2.24. The van der Waals surface area contributed by atoms with Gasteiger partial charge >= 0.3 is 5.97 Å². The van der Waals surface area contributed by atoms with E-state index in [1.165, 1.54) is 4.80 Å². The highest BCUT2D eigenvalue weighted by Crippen LogP contribution is 2.38. The maximum atomic E-state index is 12.6. The number of rotatable bonds is 9. The number of benzene rings is 2. The Morgan fingerprint density at radius 2 is 1.85 bits per heavy atom. The molecule has 0 aliphatic carbocycles. The van der Waals surface area contributed by atoms with E-state index < -0.39 is 0 Å². The van der Waals surface area contributed by atoms with Crippen molar-refractivity contribution in [2.75, 3.05) is 13.7 Å². The van der Waals surface area contributed by atoms with Crippen LogP contribution in [0.25, 0.3) is 16.7 Å². The van der Waals surface area contributed by atoms with Gasteiger partial charge in [-0.1, -0.05) is 53.9 Å². The predicted octanol–water partition coefficient (Wildman–Crippen LogP) is 5.81. The van der Waals surface area contributed by atoms with Gasteiger partial charge in [-0.25, -0.2) is 4.79 Å². The number of fused-ring (bicyclic) bond motifs is 1. The van der Waals surface area contributed by atoms with Gasteiger partial charge in [-0.15, -0.1) is 15.0 Å². The van der Waals surface area contributed by atoms with E-state index in [0.29, 0.717) is 40.6 Å². The summed E-state index contributed by atoms with van der Waals surface area (Å²) < 4.78 is 11.0. The van der Waals surface area contributed by atoms with Gasteiger partial charge in [0.05, 0.1) is 19.3 Å². The van der Waals surface area contributed by atoms with Crippen molar-refractivity contribution in [2.24, 2.45) is 5.92 Å². The maximum Gasteiger partial charge on any atom is 0.338 e. The second-order valence-electron chi connectivity index (χ2n) is 9.50. The molecule has 0 saturated heterocycles. The Labute approximate surface area is 195 Å². The quantitative estimate of drug-likeness (QED) is 0.412. The number of carbonyl (C=O) groups is 1. The van der Waals surface area contributed by atoms with Crippen LogP contribution in [0, 0.1) is 5.92 Å². The molecule has 0 bridgehead atoms. The summed E-state index contributed by atoms with van der Waals surface area (Å²) in [7, 11) is 1.58. The van der Waals surface area contributed by atoms with Crippen LogP contribution < -0.4 is 4.74 Å². The predicted molar refractivity (Wildman–Crippen MR) is 129 cm³/mol. The number of methoxy groups -OCH3 is 1. The lowest BCUT2D eigenvalue weighted by atomic mass is 9.86. The van der Waals surface area contributed by atoms with Gasteiger partial charge in [0.25, 0.3) is 0 Å². The first-order valence-corrected chi connectivity index (χ1v) is 11.6. The van der Waals surface area contributed by atoms with Crippen LogP contribution in [0.1, 0.15) is 76.2 Å². The van der Waals surface area contributed by atoms with E-state index in [0.717, 1.165) is 31.2 Å². The lowest BCUT2D eigenvalue weighted by molar-refractivity contribution is 0.0428. The summed E-state index contributed by atoms with van der Waals surface area (Å²) in [6.45, 7) is 10.8. The number of hydrogen-bond donors (Lipinski definition) is 1. The average molecular weight is 454 g/mol. The molecular weight excluding hydrogens is 418 g/mol. The summed E-state index contributed by atoms with van der Waals surface area (Å²) in [5, 5.41) is 20.0. The fourth-order valence-electron chi connectivity index (χ4n) is 3.76. The monoisotopic (exact) mass is 453 g/mol. The Morgan fingerprint density at radius 3 is 2.48 bits per heavy atom. The van der Waals surface area contributed by atoms with Crippen LogP contribution in [0.4, 0.5) is 0 Å². The van der Waals surface area contributed by atoms with Gasteiger partial charge in [0.15, 0.2) is 0 Å². The first-order chi connectivity index (χ1) is 15.7. The van der Waals surface area contributed by atoms with Crippen molar-refractivity contribution in [3.8, 4) is 17.2 Å². The normalized spacial score (nSPS) is 12.7. The number of phenolic OH excluding ortho intramolecular Hbond substituents is 1. The van der Waals surface area contributed by atoms with Gasteiger partial charge in [-0.05, 0) is 42.0 Å². The highest BCUT2D eigenvalue weighted by atomic mass is 16.5. The van der Waals surface area contributed by atoms with Crippen molar-refractivity contribution in [1.82, 2.24) is 15.0 Å². The first kappa shape index (κ1) is 24.6. The minimum absolute atomic E-state index is 0.0981. The molecule has 0 fully saturated rings. The van der Waals surface area contributed by atoms with E-state index in [1.807, 2.05) is 26.8 Å². The zero-order chi connectivity index (χ0) is 24.2. The van der Waals surface area contributed by atoms with Crippen molar-refractivity contribution >= 4 is 17.0 Å². The number of nitrogens with zero attached hydrogens (tertiary/aromatic N) is 3. The molecule has 1 heterocycles. The molecular formula is C26H35N3O4. The number of ether oxygens (including phenoxy) is 2. The van der Waals surface area contributed by atoms with E-state index in [9.17, 15) is 9.90 Å². The van der Waals surface area contributed by atoms with Gasteiger partial charge in [0, 0.05) is 11.6 Å². The zero-order valence-corrected chi connectivity index (χ0v) is 20.5. The number of hydrogen-bond acceptors (Lipinski definition) is 6. The summed E-state index contributed by atoms with van der Waals surface area (Å²) in [5.74, 6) is 0.722. The second kappa shape index (κ2) is 10.2. The van der Waals surface area contributed by atoms with Crippen LogP contribution in [0.5, 0.6) is 11.5 Å². The summed E-state index contributed by atoms with van der Waals surface area (Å²) in [6.07, 6.45) is 4.32. The molecule has 0 saturated carbocycles. The smallest absolute Gasteiger partial charge is 0.338 e. The van der Waals surface area contributed by atoms with E-state index in [4.69, 9.17) is 9.47 Å². The van der Waals surface area contributed by atoms with E-state index in [2.05, 4.69) is 24.0 Å². The molecule has 1 N–H and O–H groups in total. The summed E-state index contributed by atoms with van der Waals surface area (Å²) in [6, 6.07) is 8.63. The summed E-state index contributed by atoms with van der Waals surface area (Å²) in [4.78, 5) is 14.0. The summed E-state index contributed by atoms with van der Waals surface area (Å²) in [5.41, 5.74) is 2.44. The Hall–Kier alpha value is -3.09. The Bertz CT molecular complexity index is 1110. The minimum Gasteiger partial charge on any atom is -0.505 e. The molecule has 0 amide bonds. The lowest BCUT2D eigenvalue weighted by Crippen LogP contribution is -2.14. The SMILES string of the molecule is CCCCC(CC)COC(=O)c1ccc2nn(-c3cc(OC)cc(C(C)(C)C)c3O)nc2c1. The number of carbonyl (C=O) groups excluding carboxylic acids is 1. The van der Waals surface area contributed by atoms with Crippen LogP contribution in [0.2, 0.25) is 0 Å². The van der Waals surface area contributed by atoms with Crippen molar-refractivity contribution in [1.29, 1.82) is 0 Å². The molecule has 0 aliphatic rings. The Morgan fingerprint density at radius 1 is 1.12 bits per heavy atom. The molecule has 7 heteroatoms. The van der Waals surface area contributed by atoms with E-state index in [-0.39, 0.29) is 17.1 Å². The van der Waals surface area contributed by atoms with Crippen LogP contribution in [0.3, 0.4) is 0 Å². The van der Waals surface area contributed by atoms with Gasteiger partial charge in [-0.3, -0.25) is 0 Å². The fraction of sp³-hybridized carbons (Fsp3) is 0.500. The zero-order valence-electron chi connectivity index (χ0n) is 20.5. The fourth-order valence-corrected chi connectivity index (χ4v) is 3.76. The second-order valence-corrected chi connectivity index (χ2v) is 9.50. The number of unbranched alkanes of at least 4 members (excludes halogenated alkanes) is 1. The Balaban J connectivity index is 1.88. The van der Waals surface area contributed by atoms with Crippen LogP contribution in [-0.4, -0.2) is 39.8 Å². The molecule has 0 aliphatic heterocycles. The number of phenols is 1. The maximum absolute atomic E-state index is 12.6. The van der Waals surface area contributed by atoms with Gasteiger partial charge in [0.2, 0.25) is 0 Å². The largest absolute Gasteiger partial charge is 0.505 e. The van der Waals surface area contributed by atoms with Crippen LogP contribution >= 0.6 is 0 Å². The third kappa shape index (κ3) is 5.64. The molecule has 0 spiro atoms. The third-order valence-corrected chi connectivity index (χ3v) is 5.93. The molecule has 33 heavy (non-hydrogen) atoms. The highest BCUT2D eigenvalue weighted by molar-refractivity contribution is 5.93.